The van der Waals surface area contributed by atoms with E-state index in [0.717, 1.165) is 10.4 Å². The van der Waals surface area contributed by atoms with Crippen LogP contribution in [0.15, 0.2) is 73.3 Å². The Kier molecular flexibility index (Phi) is 4.76. The van der Waals surface area contributed by atoms with Crippen LogP contribution in [0.25, 0.3) is 0 Å². The highest BCUT2D eigenvalue weighted by Crippen LogP contribution is 2.26. The van der Waals surface area contributed by atoms with Gasteiger partial charge in [0.25, 0.3) is 0 Å². The predicted octanol–water partition coefficient (Wildman–Crippen LogP) is 2.91. The fourth-order valence-electron chi connectivity index (χ4n) is 2.89. The standard InChI is InChI=1S/C18H20O2Si/c1-3-10-17(18(19)20)21(2,15-11-6-4-7-12-15)16-13-8-5-9-14-16/h3-9,11-14,17H,1,10H2,2H3,(H,19,20). The van der Waals surface area contributed by atoms with E-state index in [9.17, 15) is 9.90 Å². The lowest BCUT2D eigenvalue weighted by atomic mass is 10.3. The van der Waals surface area contributed by atoms with E-state index < -0.39 is 19.6 Å². The average Bonchev–Trinajstić information content (AvgIpc) is 2.53. The van der Waals surface area contributed by atoms with Crippen molar-refractivity contribution in [2.75, 3.05) is 0 Å². The molecule has 1 N–H and O–H groups in total. The van der Waals surface area contributed by atoms with E-state index in [1.165, 1.54) is 0 Å². The Balaban J connectivity index is 2.64. The monoisotopic (exact) mass is 296 g/mol. The maximum Gasteiger partial charge on any atom is 0.304 e. The summed E-state index contributed by atoms with van der Waals surface area (Å²) in [5.41, 5.74) is -0.417. The predicted molar refractivity (Wildman–Crippen MR) is 90.0 cm³/mol. The molecule has 2 rings (SSSR count). The minimum Gasteiger partial charge on any atom is -0.481 e. The summed E-state index contributed by atoms with van der Waals surface area (Å²) in [6.07, 6.45) is 2.21. The van der Waals surface area contributed by atoms with Gasteiger partial charge in [-0.2, -0.15) is 0 Å². The molecule has 0 amide bonds. The molecular weight excluding hydrogens is 276 g/mol. The Labute approximate surface area is 126 Å². The molecule has 2 nitrogen and oxygen atoms in total. The molecular formula is C18H20O2Si. The van der Waals surface area contributed by atoms with Gasteiger partial charge in [-0.25, -0.2) is 0 Å². The fourth-order valence-corrected chi connectivity index (χ4v) is 6.93. The van der Waals surface area contributed by atoms with Crippen LogP contribution in [0, 0.1) is 0 Å². The van der Waals surface area contributed by atoms with E-state index in [2.05, 4.69) is 37.4 Å². The zero-order chi connectivity index (χ0) is 15.3. The Morgan fingerprint density at radius 2 is 1.52 bits per heavy atom. The first kappa shape index (κ1) is 15.3. The van der Waals surface area contributed by atoms with E-state index in [4.69, 9.17) is 0 Å². The van der Waals surface area contributed by atoms with Gasteiger partial charge in [0.15, 0.2) is 0 Å². The lowest BCUT2D eigenvalue weighted by Gasteiger charge is -2.34. The van der Waals surface area contributed by atoms with E-state index >= 15 is 0 Å². The number of allylic oxidation sites excluding steroid dienone is 1. The highest BCUT2D eigenvalue weighted by atomic mass is 28.3. The van der Waals surface area contributed by atoms with Gasteiger partial charge < -0.3 is 5.11 Å². The number of rotatable bonds is 6. The van der Waals surface area contributed by atoms with Gasteiger partial charge in [0, 0.05) is 0 Å². The van der Waals surface area contributed by atoms with Crippen molar-refractivity contribution < 1.29 is 9.90 Å². The number of carboxylic acids is 1. The van der Waals surface area contributed by atoms with Crippen molar-refractivity contribution in [3.05, 3.63) is 73.3 Å². The first-order valence-corrected chi connectivity index (χ1v) is 9.63. The van der Waals surface area contributed by atoms with Crippen LogP contribution in [0.2, 0.25) is 12.1 Å². The normalized spacial score (nSPS) is 12.6. The summed E-state index contributed by atoms with van der Waals surface area (Å²) in [7, 11) is -2.39. The van der Waals surface area contributed by atoms with Crippen molar-refractivity contribution in [2.45, 2.75) is 18.5 Å². The van der Waals surface area contributed by atoms with Gasteiger partial charge in [0.1, 0.15) is 8.07 Å². The number of aliphatic carboxylic acids is 1. The van der Waals surface area contributed by atoms with Crippen molar-refractivity contribution in [3.8, 4) is 0 Å². The van der Waals surface area contributed by atoms with Crippen molar-refractivity contribution in [1.29, 1.82) is 0 Å². The zero-order valence-corrected chi connectivity index (χ0v) is 13.2. The lowest BCUT2D eigenvalue weighted by molar-refractivity contribution is -0.136. The smallest absolute Gasteiger partial charge is 0.304 e. The van der Waals surface area contributed by atoms with Gasteiger partial charge in [0.2, 0.25) is 0 Å². The highest BCUT2D eigenvalue weighted by Gasteiger charge is 2.43. The summed E-state index contributed by atoms with van der Waals surface area (Å²) < 4.78 is 0. The summed E-state index contributed by atoms with van der Waals surface area (Å²) in [6, 6.07) is 20.1. The summed E-state index contributed by atoms with van der Waals surface area (Å²) in [5.74, 6) is -0.739. The number of benzene rings is 2. The maximum atomic E-state index is 11.9. The van der Waals surface area contributed by atoms with Gasteiger partial charge >= 0.3 is 5.97 Å². The number of hydrogen-bond acceptors (Lipinski definition) is 1. The SMILES string of the molecule is C=CCC(C(=O)O)[Si](C)(c1ccccc1)c1ccccc1. The lowest BCUT2D eigenvalue weighted by Crippen LogP contribution is -2.60. The molecule has 1 atom stereocenters. The Morgan fingerprint density at radius 3 is 1.86 bits per heavy atom. The number of carbonyl (C=O) groups is 1. The molecule has 3 heteroatoms. The molecule has 2 aromatic rings. The second-order valence-corrected chi connectivity index (χ2v) is 9.61. The average molecular weight is 296 g/mol. The molecule has 108 valence electrons. The molecule has 0 aliphatic heterocycles. The first-order chi connectivity index (χ1) is 10.1. The van der Waals surface area contributed by atoms with Crippen molar-refractivity contribution in [3.63, 3.8) is 0 Å². The minimum absolute atomic E-state index is 0.417. The van der Waals surface area contributed by atoms with Crippen LogP contribution in [0.3, 0.4) is 0 Å². The third kappa shape index (κ3) is 2.98. The molecule has 0 aliphatic rings. The molecule has 0 heterocycles. The topological polar surface area (TPSA) is 37.3 Å². The summed E-state index contributed by atoms with van der Waals surface area (Å²) in [5, 5.41) is 12.0. The molecule has 0 spiro atoms. The molecule has 0 saturated heterocycles. The van der Waals surface area contributed by atoms with Crippen molar-refractivity contribution in [2.24, 2.45) is 0 Å². The molecule has 21 heavy (non-hydrogen) atoms. The Hall–Kier alpha value is -2.13. The van der Waals surface area contributed by atoms with Gasteiger partial charge in [-0.15, -0.1) is 6.58 Å². The highest BCUT2D eigenvalue weighted by molar-refractivity contribution is 7.04. The van der Waals surface area contributed by atoms with E-state index in [0.29, 0.717) is 6.42 Å². The third-order valence-corrected chi connectivity index (χ3v) is 9.09. The molecule has 2 aromatic carbocycles. The second kappa shape index (κ2) is 6.55. The van der Waals surface area contributed by atoms with E-state index in [1.54, 1.807) is 6.08 Å². The van der Waals surface area contributed by atoms with E-state index in [1.807, 2.05) is 36.4 Å². The number of hydrogen-bond donors (Lipinski definition) is 1. The van der Waals surface area contributed by atoms with Crippen LogP contribution < -0.4 is 10.4 Å². The molecule has 0 fully saturated rings. The Morgan fingerprint density at radius 1 is 1.10 bits per heavy atom. The third-order valence-electron chi connectivity index (χ3n) is 4.14. The van der Waals surface area contributed by atoms with Gasteiger partial charge in [0.05, 0.1) is 5.54 Å². The van der Waals surface area contributed by atoms with Crippen LogP contribution in [0.4, 0.5) is 0 Å². The van der Waals surface area contributed by atoms with Crippen molar-refractivity contribution >= 4 is 24.4 Å². The fraction of sp³-hybridized carbons (Fsp3) is 0.167. The zero-order valence-electron chi connectivity index (χ0n) is 12.2. The molecule has 0 bridgehead atoms. The molecule has 0 saturated carbocycles. The van der Waals surface area contributed by atoms with Crippen LogP contribution in [0.5, 0.6) is 0 Å². The molecule has 0 aliphatic carbocycles. The second-order valence-electron chi connectivity index (χ2n) is 5.35. The number of carboxylic acid groups (broad SMARTS) is 1. The van der Waals surface area contributed by atoms with Crippen molar-refractivity contribution in [1.82, 2.24) is 0 Å². The first-order valence-electron chi connectivity index (χ1n) is 7.05. The quantitative estimate of drug-likeness (QED) is 0.657. The summed E-state index contributed by atoms with van der Waals surface area (Å²) >= 11 is 0. The maximum absolute atomic E-state index is 11.9. The molecule has 0 aromatic heterocycles. The van der Waals surface area contributed by atoms with Crippen LogP contribution in [-0.2, 0) is 4.79 Å². The van der Waals surface area contributed by atoms with Crippen LogP contribution >= 0.6 is 0 Å². The summed E-state index contributed by atoms with van der Waals surface area (Å²) in [6.45, 7) is 5.88. The van der Waals surface area contributed by atoms with Gasteiger partial charge in [-0.1, -0.05) is 83.7 Å². The largest absolute Gasteiger partial charge is 0.481 e. The molecule has 0 radical (unpaired) electrons. The van der Waals surface area contributed by atoms with Gasteiger partial charge in [-0.3, -0.25) is 4.79 Å². The van der Waals surface area contributed by atoms with Gasteiger partial charge in [-0.05, 0) is 6.42 Å². The minimum atomic E-state index is -2.39. The molecule has 1 unspecified atom stereocenters. The van der Waals surface area contributed by atoms with Crippen LogP contribution in [-0.4, -0.2) is 19.1 Å². The summed E-state index contributed by atoms with van der Waals surface area (Å²) in [4.78, 5) is 11.9. The van der Waals surface area contributed by atoms with E-state index in [-0.39, 0.29) is 0 Å². The Bertz CT molecular complexity index is 568. The van der Waals surface area contributed by atoms with Crippen LogP contribution in [0.1, 0.15) is 6.42 Å².